The maximum absolute atomic E-state index is 12.0. The Bertz CT molecular complexity index is 7660. The lowest BCUT2D eigenvalue weighted by atomic mass is 10.2. The predicted octanol–water partition coefficient (Wildman–Crippen LogP) is 8.12. The summed E-state index contributed by atoms with van der Waals surface area (Å²) in [5.74, 6) is 2.70. The van der Waals surface area contributed by atoms with Crippen molar-refractivity contribution in [3.63, 3.8) is 0 Å². The Labute approximate surface area is 758 Å². The van der Waals surface area contributed by atoms with Gasteiger partial charge < -0.3 is 69.0 Å². The highest BCUT2D eigenvalue weighted by molar-refractivity contribution is 7.99. The SMILES string of the molecule is COCc1nc(-c2ccc3nnc(Sc4ccc5nc(NC(=O)C6CC6)cn5n4)n3c2)no1.N/C(=N\O)c1ccc2n[nH]c(=S)n2c1.N/C(=N\O)c1ccc2nnc(Sc3ccc4nc(NC(=O)C5CC5)cn4n3)n2c1.NC(=NO)c1ccc2n[nH]c(=S)n2c1.NC(=NO)c1ccc2nnc(Sc3ccc4nc(NC(=O)C5CC5)cn4n3)n2c1.[C-]#[N+]c1ccc2n[nH]c(=S)n2c1. The molecule has 56 heteroatoms. The van der Waals surface area contributed by atoms with Crippen LogP contribution in [0.1, 0.15) is 66.7 Å². The van der Waals surface area contributed by atoms with Crippen LogP contribution in [0.3, 0.4) is 0 Å². The number of carbonyl (C=O) groups excluding carboxylic acids is 3. The maximum atomic E-state index is 12.0. The molecular formula is C75H65N41O9S6. The van der Waals surface area contributed by atoms with Crippen LogP contribution >= 0.6 is 71.9 Å². The number of rotatable bonds is 19. The second-order valence-corrected chi connectivity index (χ2v) is 32.4. The average molecular weight is 1880 g/mol. The first-order valence-electron chi connectivity index (χ1n) is 38.5. The van der Waals surface area contributed by atoms with Crippen LogP contribution in [0, 0.1) is 38.6 Å². The smallest absolute Gasteiger partial charge is 0.252 e. The van der Waals surface area contributed by atoms with E-state index in [0.717, 1.165) is 49.7 Å². The van der Waals surface area contributed by atoms with Crippen molar-refractivity contribution in [1.82, 2.24) is 142 Å². The number of oxime groups is 4. The summed E-state index contributed by atoms with van der Waals surface area (Å²) in [6.07, 6.45) is 20.8. The number of aromatic amines is 3. The number of imidazole rings is 3. The Morgan fingerprint density at radius 2 is 0.771 bits per heavy atom. The number of aromatic nitrogens is 29. The third kappa shape index (κ3) is 20.0. The molecule has 18 N–H and O–H groups in total. The first-order chi connectivity index (χ1) is 63.6. The van der Waals surface area contributed by atoms with Crippen LogP contribution in [0.5, 0.6) is 0 Å². The molecular weight excluding hydrogens is 1810 g/mol. The van der Waals surface area contributed by atoms with Gasteiger partial charge in [-0.25, -0.2) is 33.3 Å². The van der Waals surface area contributed by atoms with Crippen LogP contribution in [0.15, 0.2) is 221 Å². The summed E-state index contributed by atoms with van der Waals surface area (Å²) in [5.41, 5.74) is 31.6. The predicted molar refractivity (Wildman–Crippen MR) is 476 cm³/mol. The topological polar surface area (TPSA) is 655 Å². The minimum Gasteiger partial charge on any atom is -0.409 e. The summed E-state index contributed by atoms with van der Waals surface area (Å²) in [4.78, 5) is 56.6. The van der Waals surface area contributed by atoms with Gasteiger partial charge in [-0.15, -0.1) is 30.6 Å². The van der Waals surface area contributed by atoms with E-state index < -0.39 is 0 Å². The van der Waals surface area contributed by atoms with Crippen LogP contribution in [0.25, 0.3) is 67.1 Å². The van der Waals surface area contributed by atoms with E-state index in [9.17, 15) is 14.4 Å². The van der Waals surface area contributed by atoms with Crippen LogP contribution in [0.2, 0.25) is 0 Å². The fourth-order valence-electron chi connectivity index (χ4n) is 12.1. The third-order valence-electron chi connectivity index (χ3n) is 19.1. The number of nitrogens with zero attached hydrogens (tertiary/aromatic N) is 31. The largest absolute Gasteiger partial charge is 0.409 e. The van der Waals surface area contributed by atoms with E-state index in [1.807, 2.05) is 59.1 Å². The lowest BCUT2D eigenvalue weighted by Gasteiger charge is -2.02. The molecule has 22 rings (SSSR count). The van der Waals surface area contributed by atoms with Crippen molar-refractivity contribution in [2.24, 2.45) is 61.3 Å². The molecule has 50 nitrogen and oxygen atoms in total. The van der Waals surface area contributed by atoms with Gasteiger partial charge in [-0.2, -0.15) is 35.6 Å². The summed E-state index contributed by atoms with van der Waals surface area (Å²) >= 11 is 18.8. The fraction of sp³-hybridized carbons (Fsp3) is 0.147. The highest BCUT2D eigenvalue weighted by Crippen LogP contribution is 2.35. The van der Waals surface area contributed by atoms with E-state index in [1.54, 1.807) is 153 Å². The molecule has 3 aliphatic rings. The molecule has 0 radical (unpaired) electrons. The van der Waals surface area contributed by atoms with Crippen LogP contribution in [-0.4, -0.2) is 211 Å². The number of anilines is 3. The van der Waals surface area contributed by atoms with E-state index in [1.165, 1.54) is 35.3 Å². The second kappa shape index (κ2) is 37.9. The molecule has 19 heterocycles. The van der Waals surface area contributed by atoms with Gasteiger partial charge >= 0.3 is 0 Å². The van der Waals surface area contributed by atoms with Crippen LogP contribution in [-0.2, 0) is 25.7 Å². The van der Waals surface area contributed by atoms with E-state index in [2.05, 4.69) is 143 Å². The van der Waals surface area contributed by atoms with Crippen molar-refractivity contribution in [2.75, 3.05) is 23.1 Å². The Hall–Kier alpha value is -16.6. The highest BCUT2D eigenvalue weighted by atomic mass is 32.2. The van der Waals surface area contributed by atoms with Gasteiger partial charge in [0.1, 0.15) is 21.7 Å². The molecule has 0 unspecified atom stereocenters. The number of amidine groups is 4. The molecule has 3 amide bonds. The standard InChI is InChI=1S/C20H17N9O3S.2C17H15N9O2S.2C7H7N5OS.C7H4N4S/c1-31-10-16-23-18(27-32-16)12-4-5-15-24-25-20(28(15)8-12)33-17-7-6-14-21-13(9-29(14)26-17)22-19(30)11-2-3-11;2*18-15(24-28)10-3-4-13-21-22-17(25(13)7-10)29-14-6-5-12-19-11(8-26(12)23-14)20-16(27)9-1-2-9;2*8-6(11-13)4-1-2-5-9-10-7(14)12(5)3-4;1-8-5-2-3-6-9-10-7(12)11(6)4-5/h4-9,11H,2-3,10H2,1H3,(H,22,30);2*3-9,28H,1-2H2,(H2,18,24)(H,20,27);2*1-3,13H,(H2,8,11)(H,10,14);2-4H,(H,10,12). The molecule has 0 atom stereocenters. The fourth-order valence-corrected chi connectivity index (χ4v) is 15.0. The number of ether oxygens (including phenoxy) is 1. The van der Waals surface area contributed by atoms with E-state index in [4.69, 9.17) is 96.2 Å². The van der Waals surface area contributed by atoms with Crippen molar-refractivity contribution < 1.29 is 44.5 Å². The van der Waals surface area contributed by atoms with E-state index in [-0.39, 0.29) is 65.4 Å². The zero-order valence-corrected chi connectivity index (χ0v) is 72.1. The monoisotopic (exact) mass is 1880 g/mol. The van der Waals surface area contributed by atoms with Crippen LogP contribution in [0.4, 0.5) is 23.1 Å². The van der Waals surface area contributed by atoms with Gasteiger partial charge in [0.15, 0.2) is 106 Å². The molecule has 0 bridgehead atoms. The third-order valence-corrected chi connectivity index (χ3v) is 22.7. The van der Waals surface area contributed by atoms with Gasteiger partial charge in [-0.05, 0) is 214 Å². The molecule has 131 heavy (non-hydrogen) atoms. The molecule has 660 valence electrons. The Morgan fingerprint density at radius 1 is 0.443 bits per heavy atom. The van der Waals surface area contributed by atoms with Gasteiger partial charge in [-0.1, -0.05) is 31.8 Å². The first kappa shape index (κ1) is 86.5. The molecule has 0 spiro atoms. The number of fused-ring (bicyclic) bond motifs is 9. The van der Waals surface area contributed by atoms with Gasteiger partial charge in [0, 0.05) is 89.9 Å². The van der Waals surface area contributed by atoms with E-state index in [0.29, 0.717) is 147 Å². The van der Waals surface area contributed by atoms with Crippen molar-refractivity contribution in [2.45, 2.75) is 75.7 Å². The first-order valence-corrected chi connectivity index (χ1v) is 42.2. The van der Waals surface area contributed by atoms with Gasteiger partial charge in [0.2, 0.25) is 44.7 Å². The molecule has 0 aliphatic heterocycles. The number of nitrogens with two attached hydrogens (primary N) is 4. The molecule has 3 fully saturated rings. The van der Waals surface area contributed by atoms with Gasteiger partial charge in [0.05, 0.1) is 25.2 Å². The normalized spacial score (nSPS) is 13.4. The zero-order valence-electron chi connectivity index (χ0n) is 67.2. The average Bonchev–Trinajstić information content (AvgIpc) is 1.65. The molecule has 19 aromatic heterocycles. The summed E-state index contributed by atoms with van der Waals surface area (Å²) in [5, 5.41) is 121. The lowest BCUT2D eigenvalue weighted by molar-refractivity contribution is -0.118. The van der Waals surface area contributed by atoms with Gasteiger partial charge in [-0.3, -0.25) is 56.1 Å². The Kier molecular flexibility index (Phi) is 25.0. The number of pyridine rings is 6. The summed E-state index contributed by atoms with van der Waals surface area (Å²) < 4.78 is 26.8. The number of hydrogen-bond donors (Lipinski definition) is 14. The summed E-state index contributed by atoms with van der Waals surface area (Å²) in [6.45, 7) is 7.04. The minimum absolute atomic E-state index is 0.000528. The van der Waals surface area contributed by atoms with E-state index >= 15 is 0 Å². The molecule has 3 saturated carbocycles. The summed E-state index contributed by atoms with van der Waals surface area (Å²) in [6, 6.07) is 31.8. The van der Waals surface area contributed by atoms with Crippen LogP contribution < -0.4 is 38.9 Å². The molecule has 19 aromatic rings. The van der Waals surface area contributed by atoms with Crippen molar-refractivity contribution in [1.29, 1.82) is 0 Å². The zero-order chi connectivity index (χ0) is 91.1. The number of methoxy groups -OCH3 is 1. The number of carbonyl (C=O) groups is 3. The number of H-pyrrole nitrogens is 3. The highest BCUT2D eigenvalue weighted by Gasteiger charge is 2.32. The Balaban J connectivity index is 0.000000114. The maximum Gasteiger partial charge on any atom is 0.252 e. The minimum atomic E-state index is -0.00437. The summed E-state index contributed by atoms with van der Waals surface area (Å²) in [7, 11) is 1.57. The Morgan fingerprint density at radius 3 is 1.12 bits per heavy atom. The molecule has 0 aromatic carbocycles. The molecule has 0 saturated heterocycles. The van der Waals surface area contributed by atoms with Gasteiger partial charge in [0.25, 0.3) is 5.89 Å². The lowest BCUT2D eigenvalue weighted by Crippen LogP contribution is -2.13. The van der Waals surface area contributed by atoms with Crippen molar-refractivity contribution in [3.8, 4) is 11.4 Å². The molecule has 3 aliphatic carbocycles. The quantitative estimate of drug-likeness (QED) is 0.00907. The number of hydrogen-bond acceptors (Lipinski definition) is 36. The second-order valence-electron chi connectivity index (χ2n) is 28.3. The number of nitrogens with one attached hydrogen (secondary N) is 6. The number of amides is 3. The van der Waals surface area contributed by atoms with Crippen molar-refractivity contribution in [3.05, 3.63) is 219 Å². The van der Waals surface area contributed by atoms with Crippen molar-refractivity contribution >= 4 is 187 Å².